The van der Waals surface area contributed by atoms with Crippen molar-refractivity contribution in [2.45, 2.75) is 0 Å². The minimum absolute atomic E-state index is 0.0192. The second-order valence-corrected chi connectivity index (χ2v) is 4.52. The zero-order chi connectivity index (χ0) is 15.0. The summed E-state index contributed by atoms with van der Waals surface area (Å²) in [5.74, 6) is 0.430. The predicted molar refractivity (Wildman–Crippen MR) is 77.8 cm³/mol. The predicted octanol–water partition coefficient (Wildman–Crippen LogP) is 2.88. The van der Waals surface area contributed by atoms with Crippen LogP contribution in [0.2, 0.25) is 0 Å². The van der Waals surface area contributed by atoms with Crippen LogP contribution >= 0.6 is 0 Å². The normalized spacial score (nSPS) is 10.7. The van der Waals surface area contributed by atoms with Gasteiger partial charge in [0.05, 0.1) is 12.5 Å². The third-order valence-corrected chi connectivity index (χ3v) is 3.17. The topological polar surface area (TPSA) is 79.9 Å². The van der Waals surface area contributed by atoms with E-state index in [0.29, 0.717) is 11.1 Å². The molecule has 0 saturated heterocycles. The van der Waals surface area contributed by atoms with Crippen molar-refractivity contribution in [1.82, 2.24) is 0 Å². The summed E-state index contributed by atoms with van der Waals surface area (Å²) in [6.07, 6.45) is 0. The molecule has 21 heavy (non-hydrogen) atoms. The molecule has 0 radical (unpaired) electrons. The maximum atomic E-state index is 12.4. The van der Waals surface area contributed by atoms with Crippen molar-refractivity contribution in [2.24, 2.45) is 0 Å². The van der Waals surface area contributed by atoms with Crippen LogP contribution in [0.25, 0.3) is 22.3 Å². The average Bonchev–Trinajstić information content (AvgIpc) is 2.48. The van der Waals surface area contributed by atoms with E-state index >= 15 is 0 Å². The molecule has 0 unspecified atom stereocenters. The lowest BCUT2D eigenvalue weighted by molar-refractivity contribution is 0.398. The van der Waals surface area contributed by atoms with Crippen LogP contribution in [-0.4, -0.2) is 17.3 Å². The molecule has 0 aliphatic rings. The Hall–Kier alpha value is -2.95. The molecule has 0 atom stereocenters. The Bertz CT molecular complexity index is 862. The average molecular weight is 284 g/mol. The summed E-state index contributed by atoms with van der Waals surface area (Å²) in [5, 5.41) is 19.1. The van der Waals surface area contributed by atoms with Gasteiger partial charge in [-0.25, -0.2) is 0 Å². The second-order valence-electron chi connectivity index (χ2n) is 4.52. The van der Waals surface area contributed by atoms with Gasteiger partial charge in [0.15, 0.2) is 5.76 Å². The van der Waals surface area contributed by atoms with E-state index in [0.717, 1.165) is 0 Å². The number of hydrogen-bond donors (Lipinski definition) is 2. The van der Waals surface area contributed by atoms with Crippen molar-refractivity contribution in [2.75, 3.05) is 7.11 Å². The molecule has 2 aromatic carbocycles. The van der Waals surface area contributed by atoms with E-state index in [4.69, 9.17) is 9.15 Å². The van der Waals surface area contributed by atoms with Gasteiger partial charge >= 0.3 is 0 Å². The van der Waals surface area contributed by atoms with Crippen LogP contribution in [0.3, 0.4) is 0 Å². The van der Waals surface area contributed by atoms with E-state index in [9.17, 15) is 15.0 Å². The molecular formula is C16H12O5. The highest BCUT2D eigenvalue weighted by Gasteiger charge is 2.17. The summed E-state index contributed by atoms with van der Waals surface area (Å²) in [6.45, 7) is 0. The van der Waals surface area contributed by atoms with Crippen molar-refractivity contribution in [3.05, 3.63) is 52.7 Å². The summed E-state index contributed by atoms with van der Waals surface area (Å²) >= 11 is 0. The fourth-order valence-corrected chi connectivity index (χ4v) is 2.15. The van der Waals surface area contributed by atoms with Crippen molar-refractivity contribution >= 4 is 11.0 Å². The number of fused-ring (bicyclic) bond motifs is 1. The van der Waals surface area contributed by atoms with E-state index in [-0.39, 0.29) is 33.8 Å². The number of benzene rings is 2. The monoisotopic (exact) mass is 284 g/mol. The standard InChI is InChI=1S/C16H12O5/c1-20-16-14(19)12-8-11(18)6-7-13(12)21-15(16)9-2-4-10(17)5-3-9/h2-8,17-18H,1H3. The van der Waals surface area contributed by atoms with Gasteiger partial charge in [-0.3, -0.25) is 4.79 Å². The SMILES string of the molecule is COc1c(-c2ccc(O)cc2)oc2ccc(O)cc2c1=O. The highest BCUT2D eigenvalue weighted by molar-refractivity contribution is 5.83. The highest BCUT2D eigenvalue weighted by atomic mass is 16.5. The Morgan fingerprint density at radius 2 is 1.67 bits per heavy atom. The van der Waals surface area contributed by atoms with Crippen molar-refractivity contribution < 1.29 is 19.4 Å². The molecule has 0 amide bonds. The summed E-state index contributed by atoms with van der Waals surface area (Å²) in [7, 11) is 1.38. The molecule has 0 saturated carbocycles. The third kappa shape index (κ3) is 2.18. The minimum Gasteiger partial charge on any atom is -0.508 e. The van der Waals surface area contributed by atoms with Gasteiger partial charge in [0, 0.05) is 5.56 Å². The molecule has 106 valence electrons. The molecule has 5 heteroatoms. The van der Waals surface area contributed by atoms with Crippen LogP contribution in [0, 0.1) is 0 Å². The first-order valence-electron chi connectivity index (χ1n) is 6.23. The Morgan fingerprint density at radius 3 is 2.33 bits per heavy atom. The zero-order valence-electron chi connectivity index (χ0n) is 11.2. The molecule has 0 aliphatic carbocycles. The minimum atomic E-state index is -0.363. The number of phenolic OH excluding ortho intramolecular Hbond substituents is 2. The smallest absolute Gasteiger partial charge is 0.235 e. The van der Waals surface area contributed by atoms with E-state index < -0.39 is 0 Å². The van der Waals surface area contributed by atoms with Gasteiger partial charge in [-0.05, 0) is 42.5 Å². The quantitative estimate of drug-likeness (QED) is 0.756. The molecule has 2 N–H and O–H groups in total. The molecule has 0 aliphatic heterocycles. The van der Waals surface area contributed by atoms with Gasteiger partial charge in [-0.1, -0.05) is 0 Å². The summed E-state index contributed by atoms with van der Waals surface area (Å²) in [4.78, 5) is 12.4. The number of ether oxygens (including phenoxy) is 1. The van der Waals surface area contributed by atoms with Crippen LogP contribution in [0.5, 0.6) is 17.2 Å². The van der Waals surface area contributed by atoms with E-state index in [1.165, 1.54) is 37.4 Å². The van der Waals surface area contributed by atoms with Crippen molar-refractivity contribution in [3.63, 3.8) is 0 Å². The van der Waals surface area contributed by atoms with E-state index in [1.54, 1.807) is 12.1 Å². The highest BCUT2D eigenvalue weighted by Crippen LogP contribution is 2.32. The lowest BCUT2D eigenvalue weighted by Crippen LogP contribution is -2.07. The largest absolute Gasteiger partial charge is 0.508 e. The van der Waals surface area contributed by atoms with Gasteiger partial charge in [0.25, 0.3) is 0 Å². The molecule has 1 aromatic heterocycles. The van der Waals surface area contributed by atoms with Gasteiger partial charge in [0.1, 0.15) is 17.1 Å². The molecule has 3 aromatic rings. The maximum absolute atomic E-state index is 12.4. The number of aromatic hydroxyl groups is 2. The molecule has 0 fully saturated rings. The van der Waals surface area contributed by atoms with Gasteiger partial charge < -0.3 is 19.4 Å². The summed E-state index contributed by atoms with van der Waals surface area (Å²) in [5.41, 5.74) is 0.594. The molecule has 1 heterocycles. The molecule has 3 rings (SSSR count). The first-order chi connectivity index (χ1) is 10.1. The lowest BCUT2D eigenvalue weighted by Gasteiger charge is -2.09. The Morgan fingerprint density at radius 1 is 1.00 bits per heavy atom. The Kier molecular flexibility index (Phi) is 3.02. The summed E-state index contributed by atoms with van der Waals surface area (Å²) < 4.78 is 10.9. The second kappa shape index (κ2) is 4.86. The van der Waals surface area contributed by atoms with Crippen LogP contribution in [0.15, 0.2) is 51.7 Å². The van der Waals surface area contributed by atoms with Crippen LogP contribution < -0.4 is 10.2 Å². The summed E-state index contributed by atoms with van der Waals surface area (Å²) in [6, 6.07) is 10.5. The molecule has 0 bridgehead atoms. The van der Waals surface area contributed by atoms with Gasteiger partial charge in [-0.2, -0.15) is 0 Å². The fourth-order valence-electron chi connectivity index (χ4n) is 2.15. The first-order valence-corrected chi connectivity index (χ1v) is 6.23. The number of rotatable bonds is 2. The van der Waals surface area contributed by atoms with E-state index in [1.807, 2.05) is 0 Å². The maximum Gasteiger partial charge on any atom is 0.235 e. The van der Waals surface area contributed by atoms with E-state index in [2.05, 4.69) is 0 Å². The van der Waals surface area contributed by atoms with Crippen LogP contribution in [-0.2, 0) is 0 Å². The molecule has 5 nitrogen and oxygen atoms in total. The van der Waals surface area contributed by atoms with Crippen LogP contribution in [0.1, 0.15) is 0 Å². The van der Waals surface area contributed by atoms with Gasteiger partial charge in [-0.15, -0.1) is 0 Å². The van der Waals surface area contributed by atoms with Crippen molar-refractivity contribution in [3.8, 4) is 28.6 Å². The molecular weight excluding hydrogens is 272 g/mol. The third-order valence-electron chi connectivity index (χ3n) is 3.17. The Balaban J connectivity index is 2.34. The number of methoxy groups -OCH3 is 1. The first kappa shape index (κ1) is 13.1. The fraction of sp³-hybridized carbons (Fsp3) is 0.0625. The van der Waals surface area contributed by atoms with Gasteiger partial charge in [0.2, 0.25) is 11.2 Å². The number of phenols is 2. The van der Waals surface area contributed by atoms with Crippen molar-refractivity contribution in [1.29, 1.82) is 0 Å². The molecule has 0 spiro atoms. The van der Waals surface area contributed by atoms with Crippen LogP contribution in [0.4, 0.5) is 0 Å². The zero-order valence-corrected chi connectivity index (χ0v) is 11.2. The Labute approximate surface area is 119 Å². The number of hydrogen-bond acceptors (Lipinski definition) is 5. The lowest BCUT2D eigenvalue weighted by atomic mass is 10.1.